The molecule has 0 fully saturated rings. The fourth-order valence-electron chi connectivity index (χ4n) is 2.63. The van der Waals surface area contributed by atoms with Gasteiger partial charge >= 0.3 is 12.4 Å². The van der Waals surface area contributed by atoms with Crippen LogP contribution in [0.5, 0.6) is 0 Å². The summed E-state index contributed by atoms with van der Waals surface area (Å²) in [6.07, 6.45) is -11.1. The van der Waals surface area contributed by atoms with Crippen molar-refractivity contribution in [2.24, 2.45) is 11.5 Å². The van der Waals surface area contributed by atoms with Crippen molar-refractivity contribution in [2.75, 3.05) is 13.2 Å². The molecule has 0 radical (unpaired) electrons. The molecule has 0 bridgehead atoms. The molecular formula is C19H19F7N2O. The van der Waals surface area contributed by atoms with Crippen molar-refractivity contribution in [1.82, 2.24) is 0 Å². The average molecular weight is 424 g/mol. The van der Waals surface area contributed by atoms with Gasteiger partial charge in [-0.1, -0.05) is 12.1 Å². The van der Waals surface area contributed by atoms with Crippen LogP contribution in [0, 0.1) is 5.82 Å². The van der Waals surface area contributed by atoms with E-state index in [9.17, 15) is 30.7 Å². The van der Waals surface area contributed by atoms with Gasteiger partial charge in [0.25, 0.3) is 0 Å². The van der Waals surface area contributed by atoms with E-state index in [1.165, 1.54) is 19.1 Å². The number of alkyl halides is 6. The Hall–Kier alpha value is -2.17. The summed E-state index contributed by atoms with van der Waals surface area (Å²) in [5.74, 6) is -0.508. The highest BCUT2D eigenvalue weighted by atomic mass is 19.4. The summed E-state index contributed by atoms with van der Waals surface area (Å²) in [5.41, 5.74) is 7.74. The van der Waals surface area contributed by atoms with Crippen LogP contribution in [-0.2, 0) is 22.6 Å². The largest absolute Gasteiger partial charge is 0.416 e. The molecule has 0 aliphatic carbocycles. The lowest BCUT2D eigenvalue weighted by molar-refractivity contribution is -0.143. The Labute approximate surface area is 162 Å². The fraction of sp³-hybridized carbons (Fsp3) is 0.368. The van der Waals surface area contributed by atoms with Crippen LogP contribution in [0.4, 0.5) is 30.7 Å². The van der Waals surface area contributed by atoms with Gasteiger partial charge in [0.05, 0.1) is 29.4 Å². The molecule has 29 heavy (non-hydrogen) atoms. The second-order valence-electron chi connectivity index (χ2n) is 6.66. The molecule has 160 valence electrons. The molecule has 2 aromatic carbocycles. The van der Waals surface area contributed by atoms with Crippen molar-refractivity contribution in [1.29, 1.82) is 0 Å². The summed E-state index contributed by atoms with van der Waals surface area (Å²) >= 11 is 0. The number of benzene rings is 2. The monoisotopic (exact) mass is 424 g/mol. The third kappa shape index (κ3) is 5.68. The molecule has 0 saturated carbocycles. The predicted octanol–water partition coefficient (Wildman–Crippen LogP) is 4.75. The van der Waals surface area contributed by atoms with Crippen LogP contribution in [0.25, 0.3) is 0 Å². The summed E-state index contributed by atoms with van der Waals surface area (Å²) in [6.45, 7) is 0.840. The van der Waals surface area contributed by atoms with Crippen molar-refractivity contribution in [3.63, 3.8) is 0 Å². The first-order chi connectivity index (χ1) is 13.3. The van der Waals surface area contributed by atoms with Crippen molar-refractivity contribution >= 4 is 0 Å². The normalized spacial score (nSPS) is 15.8. The van der Waals surface area contributed by atoms with Crippen LogP contribution in [-0.4, -0.2) is 13.2 Å². The standard InChI is InChI=1S/C19H19F7N2O/c1-11(29-10-17(28,9-27)13-2-4-16(20)5-3-13)12-6-14(18(21,22)23)8-15(7-12)19(24,25)26/h2-8,11H,9-10,27-28H2,1H3. The number of hydrogen-bond acceptors (Lipinski definition) is 3. The maximum atomic E-state index is 13.1. The zero-order valence-electron chi connectivity index (χ0n) is 15.2. The minimum Gasteiger partial charge on any atom is -0.371 e. The van der Waals surface area contributed by atoms with Crippen molar-refractivity contribution < 1.29 is 35.5 Å². The van der Waals surface area contributed by atoms with E-state index in [0.717, 1.165) is 12.1 Å². The van der Waals surface area contributed by atoms with E-state index in [1.807, 2.05) is 0 Å². The van der Waals surface area contributed by atoms with Crippen LogP contribution in [0.15, 0.2) is 42.5 Å². The van der Waals surface area contributed by atoms with Gasteiger partial charge < -0.3 is 16.2 Å². The Morgan fingerprint density at radius 3 is 1.76 bits per heavy atom. The summed E-state index contributed by atoms with van der Waals surface area (Å²) in [6, 6.07) is 6.29. The second kappa shape index (κ2) is 8.29. The lowest BCUT2D eigenvalue weighted by Crippen LogP contribution is -2.48. The van der Waals surface area contributed by atoms with Crippen LogP contribution in [0.3, 0.4) is 0 Å². The second-order valence-corrected chi connectivity index (χ2v) is 6.66. The number of halogens is 7. The molecule has 0 aliphatic heterocycles. The van der Waals surface area contributed by atoms with Gasteiger partial charge in [0.15, 0.2) is 0 Å². The van der Waals surface area contributed by atoms with Crippen molar-refractivity contribution in [2.45, 2.75) is 30.9 Å². The Balaban J connectivity index is 2.29. The molecule has 10 heteroatoms. The third-order valence-electron chi connectivity index (χ3n) is 4.45. The maximum Gasteiger partial charge on any atom is 0.416 e. The fourth-order valence-corrected chi connectivity index (χ4v) is 2.63. The molecule has 0 heterocycles. The van der Waals surface area contributed by atoms with E-state index in [1.54, 1.807) is 0 Å². The molecule has 4 N–H and O–H groups in total. The van der Waals surface area contributed by atoms with E-state index in [2.05, 4.69) is 0 Å². The summed E-state index contributed by atoms with van der Waals surface area (Å²) in [5, 5.41) is 0. The SMILES string of the molecule is CC(OCC(N)(CN)c1ccc(F)cc1)c1cc(C(F)(F)F)cc(C(F)(F)F)c1. The molecule has 0 aromatic heterocycles. The van der Waals surface area contributed by atoms with Gasteiger partial charge in [0.2, 0.25) is 0 Å². The molecule has 2 atom stereocenters. The molecule has 2 aromatic rings. The first kappa shape index (κ1) is 23.1. The van der Waals surface area contributed by atoms with Crippen LogP contribution >= 0.6 is 0 Å². The van der Waals surface area contributed by atoms with Gasteiger partial charge in [0, 0.05) is 6.54 Å². The first-order valence-corrected chi connectivity index (χ1v) is 8.42. The molecule has 2 rings (SSSR count). The molecule has 2 unspecified atom stereocenters. The Morgan fingerprint density at radius 2 is 1.34 bits per heavy atom. The average Bonchev–Trinajstić information content (AvgIpc) is 2.64. The zero-order chi connectivity index (χ0) is 22.0. The Kier molecular flexibility index (Phi) is 6.61. The Bertz CT molecular complexity index is 802. The molecular weight excluding hydrogens is 405 g/mol. The molecule has 3 nitrogen and oxygen atoms in total. The lowest BCUT2D eigenvalue weighted by atomic mass is 9.92. The van der Waals surface area contributed by atoms with E-state index >= 15 is 0 Å². The van der Waals surface area contributed by atoms with Crippen molar-refractivity contribution in [3.05, 3.63) is 70.5 Å². The topological polar surface area (TPSA) is 61.3 Å². The summed E-state index contributed by atoms with van der Waals surface area (Å²) in [4.78, 5) is 0. The predicted molar refractivity (Wildman–Crippen MR) is 92.1 cm³/mol. The van der Waals surface area contributed by atoms with Gasteiger partial charge in [-0.05, 0) is 48.4 Å². The quantitative estimate of drug-likeness (QED) is 0.658. The lowest BCUT2D eigenvalue weighted by Gasteiger charge is -2.30. The van der Waals surface area contributed by atoms with E-state index in [4.69, 9.17) is 16.2 Å². The zero-order valence-corrected chi connectivity index (χ0v) is 15.2. The minimum absolute atomic E-state index is 0.0435. The molecule has 0 amide bonds. The maximum absolute atomic E-state index is 13.1. The number of nitrogens with two attached hydrogens (primary N) is 2. The van der Waals surface area contributed by atoms with Crippen LogP contribution < -0.4 is 11.5 Å². The van der Waals surface area contributed by atoms with Gasteiger partial charge in [-0.2, -0.15) is 26.3 Å². The molecule has 0 aliphatic rings. The number of ether oxygens (including phenoxy) is 1. The van der Waals surface area contributed by atoms with E-state index in [0.29, 0.717) is 17.7 Å². The van der Waals surface area contributed by atoms with Crippen LogP contribution in [0.1, 0.15) is 35.3 Å². The highest BCUT2D eigenvalue weighted by Gasteiger charge is 2.37. The van der Waals surface area contributed by atoms with Gasteiger partial charge in [0.1, 0.15) is 5.82 Å². The summed E-state index contributed by atoms with van der Waals surface area (Å²) in [7, 11) is 0. The molecule has 0 saturated heterocycles. The van der Waals surface area contributed by atoms with Gasteiger partial charge in [-0.3, -0.25) is 0 Å². The smallest absolute Gasteiger partial charge is 0.371 e. The highest BCUT2D eigenvalue weighted by Crippen LogP contribution is 2.38. The van der Waals surface area contributed by atoms with Crippen LogP contribution in [0.2, 0.25) is 0 Å². The van der Waals surface area contributed by atoms with E-state index in [-0.39, 0.29) is 24.8 Å². The molecule has 0 spiro atoms. The summed E-state index contributed by atoms with van der Waals surface area (Å²) < 4.78 is 96.6. The number of rotatable bonds is 6. The van der Waals surface area contributed by atoms with Gasteiger partial charge in [-0.25, -0.2) is 4.39 Å². The van der Waals surface area contributed by atoms with Gasteiger partial charge in [-0.15, -0.1) is 0 Å². The number of hydrogen-bond donors (Lipinski definition) is 2. The van der Waals surface area contributed by atoms with E-state index < -0.39 is 40.9 Å². The highest BCUT2D eigenvalue weighted by molar-refractivity contribution is 5.35. The Morgan fingerprint density at radius 1 is 0.862 bits per heavy atom. The first-order valence-electron chi connectivity index (χ1n) is 8.42. The van der Waals surface area contributed by atoms with Crippen molar-refractivity contribution in [3.8, 4) is 0 Å². The minimum atomic E-state index is -4.96. The third-order valence-corrected chi connectivity index (χ3v) is 4.45.